The standard InChI is InChI=1S/C8H10N4OS/c1-14(13)3-2-10-8-6-11-7(4-9)5-12-8/h5-6H,2-3H2,1H3,(H,10,12). The molecule has 74 valence electrons. The van der Waals surface area contributed by atoms with Crippen LogP contribution in [0.1, 0.15) is 5.69 Å². The van der Waals surface area contributed by atoms with Crippen LogP contribution in [0.25, 0.3) is 0 Å². The van der Waals surface area contributed by atoms with Gasteiger partial charge in [0.1, 0.15) is 11.9 Å². The van der Waals surface area contributed by atoms with Gasteiger partial charge in [-0.05, 0) is 0 Å². The number of nitrogens with one attached hydrogen (secondary N) is 1. The van der Waals surface area contributed by atoms with E-state index in [2.05, 4.69) is 15.3 Å². The smallest absolute Gasteiger partial charge is 0.158 e. The zero-order chi connectivity index (χ0) is 10.4. The van der Waals surface area contributed by atoms with E-state index in [4.69, 9.17) is 5.26 Å². The van der Waals surface area contributed by atoms with E-state index in [0.29, 0.717) is 18.1 Å². The molecule has 1 atom stereocenters. The SMILES string of the molecule is CS(=O)CCNc1cnc(C#N)cn1. The second kappa shape index (κ2) is 5.29. The minimum absolute atomic E-state index is 0.287. The van der Waals surface area contributed by atoms with Crippen LogP contribution < -0.4 is 5.32 Å². The van der Waals surface area contributed by atoms with Crippen molar-refractivity contribution < 1.29 is 4.21 Å². The topological polar surface area (TPSA) is 78.7 Å². The molecule has 0 radical (unpaired) electrons. The Morgan fingerprint density at radius 1 is 1.57 bits per heavy atom. The molecule has 1 heterocycles. The summed E-state index contributed by atoms with van der Waals surface area (Å²) < 4.78 is 10.7. The van der Waals surface area contributed by atoms with Gasteiger partial charge in [-0.2, -0.15) is 5.26 Å². The Labute approximate surface area is 84.6 Å². The van der Waals surface area contributed by atoms with Crippen LogP contribution in [0.5, 0.6) is 0 Å². The Morgan fingerprint density at radius 3 is 2.86 bits per heavy atom. The van der Waals surface area contributed by atoms with Gasteiger partial charge in [0.25, 0.3) is 0 Å². The Kier molecular flexibility index (Phi) is 4.01. The van der Waals surface area contributed by atoms with Gasteiger partial charge in [0, 0.05) is 29.4 Å². The molecule has 1 rings (SSSR count). The van der Waals surface area contributed by atoms with Gasteiger partial charge in [0.15, 0.2) is 5.69 Å². The minimum Gasteiger partial charge on any atom is -0.368 e. The predicted octanol–water partition coefficient (Wildman–Crippen LogP) is 0.139. The lowest BCUT2D eigenvalue weighted by molar-refractivity contribution is 0.687. The first-order chi connectivity index (χ1) is 6.72. The molecule has 5 nitrogen and oxygen atoms in total. The molecule has 14 heavy (non-hydrogen) atoms. The van der Waals surface area contributed by atoms with Crippen molar-refractivity contribution in [2.45, 2.75) is 0 Å². The van der Waals surface area contributed by atoms with Gasteiger partial charge in [-0.15, -0.1) is 0 Å². The van der Waals surface area contributed by atoms with Crippen LogP contribution >= 0.6 is 0 Å². The van der Waals surface area contributed by atoms with Crippen molar-refractivity contribution in [2.24, 2.45) is 0 Å². The van der Waals surface area contributed by atoms with Gasteiger partial charge in [-0.25, -0.2) is 9.97 Å². The molecule has 0 fully saturated rings. The lowest BCUT2D eigenvalue weighted by atomic mass is 10.5. The van der Waals surface area contributed by atoms with Crippen LogP contribution in [0.15, 0.2) is 12.4 Å². The van der Waals surface area contributed by atoms with E-state index in [0.717, 1.165) is 0 Å². The zero-order valence-electron chi connectivity index (χ0n) is 7.73. The van der Waals surface area contributed by atoms with Gasteiger partial charge in [0.2, 0.25) is 0 Å². The highest BCUT2D eigenvalue weighted by Gasteiger charge is 1.96. The van der Waals surface area contributed by atoms with Crippen molar-refractivity contribution in [3.05, 3.63) is 18.1 Å². The summed E-state index contributed by atoms with van der Waals surface area (Å²) in [5, 5.41) is 11.4. The molecule has 0 aliphatic rings. The maximum Gasteiger partial charge on any atom is 0.158 e. The highest BCUT2D eigenvalue weighted by molar-refractivity contribution is 7.84. The van der Waals surface area contributed by atoms with Crippen molar-refractivity contribution in [2.75, 3.05) is 23.9 Å². The highest BCUT2D eigenvalue weighted by atomic mass is 32.2. The minimum atomic E-state index is -0.808. The third kappa shape index (κ3) is 3.49. The van der Waals surface area contributed by atoms with Gasteiger partial charge in [-0.1, -0.05) is 0 Å². The average molecular weight is 210 g/mol. The van der Waals surface area contributed by atoms with Crippen LogP contribution in [-0.2, 0) is 10.8 Å². The summed E-state index contributed by atoms with van der Waals surface area (Å²) in [6.45, 7) is 0.587. The maximum absolute atomic E-state index is 10.7. The third-order valence-corrected chi connectivity index (χ3v) is 2.24. The largest absolute Gasteiger partial charge is 0.368 e. The number of nitrogens with zero attached hydrogens (tertiary/aromatic N) is 3. The van der Waals surface area contributed by atoms with E-state index >= 15 is 0 Å². The summed E-state index contributed by atoms with van der Waals surface area (Å²) >= 11 is 0. The Bertz CT molecular complexity index is 357. The van der Waals surface area contributed by atoms with Crippen molar-refractivity contribution in [3.63, 3.8) is 0 Å². The molecule has 1 unspecified atom stereocenters. The summed E-state index contributed by atoms with van der Waals surface area (Å²) in [5.74, 6) is 1.16. The van der Waals surface area contributed by atoms with E-state index in [-0.39, 0.29) is 5.69 Å². The second-order valence-electron chi connectivity index (χ2n) is 2.60. The Balaban J connectivity index is 2.45. The van der Waals surface area contributed by atoms with Crippen LogP contribution in [-0.4, -0.2) is 32.7 Å². The molecule has 6 heteroatoms. The average Bonchev–Trinajstić information content (AvgIpc) is 2.18. The lowest BCUT2D eigenvalue weighted by Crippen LogP contribution is -2.10. The van der Waals surface area contributed by atoms with Crippen LogP contribution in [0.4, 0.5) is 5.82 Å². The van der Waals surface area contributed by atoms with E-state index in [9.17, 15) is 4.21 Å². The first-order valence-electron chi connectivity index (χ1n) is 3.98. The van der Waals surface area contributed by atoms with E-state index in [1.807, 2.05) is 6.07 Å². The molecule has 0 aliphatic carbocycles. The molecule has 1 aromatic heterocycles. The van der Waals surface area contributed by atoms with Crippen molar-refractivity contribution in [1.29, 1.82) is 5.26 Å². The predicted molar refractivity (Wildman–Crippen MR) is 54.2 cm³/mol. The van der Waals surface area contributed by atoms with Gasteiger partial charge >= 0.3 is 0 Å². The van der Waals surface area contributed by atoms with Crippen LogP contribution in [0.3, 0.4) is 0 Å². The molecular weight excluding hydrogens is 200 g/mol. The molecule has 0 saturated carbocycles. The fourth-order valence-corrected chi connectivity index (χ4v) is 1.19. The molecule has 0 saturated heterocycles. The number of hydrogen-bond acceptors (Lipinski definition) is 5. The summed E-state index contributed by atoms with van der Waals surface area (Å²) in [7, 11) is -0.808. The van der Waals surface area contributed by atoms with Crippen molar-refractivity contribution in [3.8, 4) is 6.07 Å². The zero-order valence-corrected chi connectivity index (χ0v) is 8.54. The van der Waals surface area contributed by atoms with Gasteiger partial charge in [-0.3, -0.25) is 4.21 Å². The van der Waals surface area contributed by atoms with Crippen molar-refractivity contribution in [1.82, 2.24) is 9.97 Å². The number of hydrogen-bond donors (Lipinski definition) is 1. The first-order valence-corrected chi connectivity index (χ1v) is 5.71. The molecule has 0 amide bonds. The quantitative estimate of drug-likeness (QED) is 0.764. The fraction of sp³-hybridized carbons (Fsp3) is 0.375. The summed E-state index contributed by atoms with van der Waals surface area (Å²) in [6.07, 6.45) is 4.52. The number of aromatic nitrogens is 2. The summed E-state index contributed by atoms with van der Waals surface area (Å²) in [5.41, 5.74) is 0.287. The lowest BCUT2D eigenvalue weighted by Gasteiger charge is -2.02. The second-order valence-corrected chi connectivity index (χ2v) is 4.16. The van der Waals surface area contributed by atoms with Crippen molar-refractivity contribution >= 4 is 16.6 Å². The molecule has 0 spiro atoms. The molecule has 0 bridgehead atoms. The van der Waals surface area contributed by atoms with Crippen LogP contribution in [0.2, 0.25) is 0 Å². The van der Waals surface area contributed by atoms with E-state index < -0.39 is 10.8 Å². The monoisotopic (exact) mass is 210 g/mol. The highest BCUT2D eigenvalue weighted by Crippen LogP contribution is 1.99. The molecule has 1 N–H and O–H groups in total. The summed E-state index contributed by atoms with van der Waals surface area (Å²) in [4.78, 5) is 7.78. The maximum atomic E-state index is 10.7. The van der Waals surface area contributed by atoms with E-state index in [1.54, 1.807) is 6.26 Å². The van der Waals surface area contributed by atoms with Crippen LogP contribution in [0, 0.1) is 11.3 Å². The summed E-state index contributed by atoms with van der Waals surface area (Å²) in [6, 6.07) is 1.88. The first kappa shape index (κ1) is 10.6. The third-order valence-electron chi connectivity index (χ3n) is 1.46. The van der Waals surface area contributed by atoms with Gasteiger partial charge < -0.3 is 5.32 Å². The molecule has 1 aromatic rings. The Hall–Kier alpha value is -1.48. The number of rotatable bonds is 4. The fourth-order valence-electron chi connectivity index (χ4n) is 0.800. The normalized spacial score (nSPS) is 11.7. The Morgan fingerprint density at radius 2 is 2.36 bits per heavy atom. The molecular formula is C8H10N4OS. The number of nitriles is 1. The van der Waals surface area contributed by atoms with Gasteiger partial charge in [0.05, 0.1) is 12.4 Å². The van der Waals surface area contributed by atoms with E-state index in [1.165, 1.54) is 12.4 Å². The molecule has 0 aromatic carbocycles. The number of anilines is 1. The molecule has 0 aliphatic heterocycles.